The largest absolute Gasteiger partial charge is 0.357 e. The molecule has 1 aliphatic rings. The van der Waals surface area contributed by atoms with Crippen LogP contribution in [0, 0.1) is 5.92 Å². The lowest BCUT2D eigenvalue weighted by Crippen LogP contribution is -2.52. The van der Waals surface area contributed by atoms with Crippen LogP contribution in [0.2, 0.25) is 0 Å². The lowest BCUT2D eigenvalue weighted by atomic mass is 10.0. The van der Waals surface area contributed by atoms with Gasteiger partial charge in [-0.15, -0.1) is 24.0 Å². The van der Waals surface area contributed by atoms with Crippen LogP contribution in [-0.2, 0) is 0 Å². The summed E-state index contributed by atoms with van der Waals surface area (Å²) in [4.78, 5) is 9.90. The van der Waals surface area contributed by atoms with Crippen LogP contribution < -0.4 is 10.6 Å². The molecule has 1 atom stereocenters. The first-order valence-electron chi connectivity index (χ1n) is 9.53. The van der Waals surface area contributed by atoms with Gasteiger partial charge in [-0.2, -0.15) is 0 Å². The predicted octanol–water partition coefficient (Wildman–Crippen LogP) is 2.62. The topological polar surface area (TPSA) is 42.9 Å². The van der Waals surface area contributed by atoms with Crippen molar-refractivity contribution in [3.05, 3.63) is 0 Å². The average Bonchev–Trinajstić information content (AvgIpc) is 2.53. The average molecular weight is 453 g/mol. The summed E-state index contributed by atoms with van der Waals surface area (Å²) < 4.78 is 0. The van der Waals surface area contributed by atoms with Crippen LogP contribution in [-0.4, -0.2) is 74.7 Å². The number of hydrogen-bond donors (Lipinski definition) is 2. The zero-order valence-electron chi connectivity index (χ0n) is 16.5. The molecule has 2 N–H and O–H groups in total. The van der Waals surface area contributed by atoms with Gasteiger partial charge in [-0.1, -0.05) is 33.6 Å². The lowest BCUT2D eigenvalue weighted by molar-refractivity contribution is 0.0925. The lowest BCUT2D eigenvalue weighted by Gasteiger charge is -2.39. The van der Waals surface area contributed by atoms with Crippen LogP contribution >= 0.6 is 24.0 Å². The molecule has 1 fully saturated rings. The van der Waals surface area contributed by atoms with E-state index in [2.05, 4.69) is 55.2 Å². The Kier molecular flexibility index (Phi) is 14.1. The number of likely N-dealkylation sites (N-methyl/N-ethyl adjacent to an activating group) is 1. The Hall–Kier alpha value is -0.0800. The van der Waals surface area contributed by atoms with Crippen LogP contribution in [0.5, 0.6) is 0 Å². The van der Waals surface area contributed by atoms with E-state index in [1.807, 2.05) is 0 Å². The minimum atomic E-state index is 0. The van der Waals surface area contributed by atoms with Crippen molar-refractivity contribution in [2.75, 3.05) is 52.9 Å². The van der Waals surface area contributed by atoms with Crippen LogP contribution in [0.1, 0.15) is 47.0 Å². The number of unbranched alkanes of at least 4 members (excludes halogenated alkanes) is 2. The summed E-state index contributed by atoms with van der Waals surface area (Å²) in [5.41, 5.74) is 0. The molecular weight excluding hydrogens is 413 g/mol. The Balaban J connectivity index is 0.00000529. The predicted molar refractivity (Wildman–Crippen MR) is 117 cm³/mol. The number of nitrogens with one attached hydrogen (secondary N) is 2. The first-order chi connectivity index (χ1) is 11.1. The van der Waals surface area contributed by atoms with E-state index in [-0.39, 0.29) is 24.0 Å². The molecule has 0 radical (unpaired) electrons. The summed E-state index contributed by atoms with van der Waals surface area (Å²) in [6.45, 7) is 16.5. The van der Waals surface area contributed by atoms with E-state index in [1.165, 1.54) is 32.4 Å². The molecule has 6 heteroatoms. The molecule has 0 aromatic carbocycles. The Morgan fingerprint density at radius 1 is 1.04 bits per heavy atom. The Morgan fingerprint density at radius 3 is 2.25 bits per heavy atom. The number of hydrogen-bond acceptors (Lipinski definition) is 3. The molecule has 0 bridgehead atoms. The molecule has 0 saturated carbocycles. The third-order valence-electron chi connectivity index (χ3n) is 4.63. The molecule has 1 saturated heterocycles. The van der Waals surface area contributed by atoms with Crippen LogP contribution in [0.3, 0.4) is 0 Å². The van der Waals surface area contributed by atoms with Gasteiger partial charge in [-0.25, -0.2) is 0 Å². The Bertz CT molecular complexity index is 327. The zero-order chi connectivity index (χ0) is 17.1. The van der Waals surface area contributed by atoms with Gasteiger partial charge in [0.05, 0.1) is 6.54 Å². The van der Waals surface area contributed by atoms with E-state index >= 15 is 0 Å². The molecule has 144 valence electrons. The summed E-state index contributed by atoms with van der Waals surface area (Å²) in [7, 11) is 2.21. The van der Waals surface area contributed by atoms with Gasteiger partial charge in [0.15, 0.2) is 5.96 Å². The number of piperazine rings is 1. The third kappa shape index (κ3) is 9.42. The molecule has 1 aliphatic heterocycles. The highest BCUT2D eigenvalue weighted by Gasteiger charge is 2.24. The minimum absolute atomic E-state index is 0. The quantitative estimate of drug-likeness (QED) is 0.244. The van der Waals surface area contributed by atoms with Crippen molar-refractivity contribution in [1.82, 2.24) is 20.4 Å². The first kappa shape index (κ1) is 23.9. The molecule has 24 heavy (non-hydrogen) atoms. The molecule has 0 aliphatic carbocycles. The van der Waals surface area contributed by atoms with Crippen LogP contribution in [0.25, 0.3) is 0 Å². The van der Waals surface area contributed by atoms with Crippen molar-refractivity contribution in [2.45, 2.75) is 53.0 Å². The summed E-state index contributed by atoms with van der Waals surface area (Å²) in [5, 5.41) is 6.85. The standard InChI is InChI=1S/C18H39N5.HI/c1-6-8-9-10-20-18(19-7-2)21-15-17(16(3)4)23-13-11-22(5)12-14-23;/h16-17H,6-15H2,1-5H3,(H2,19,20,21);1H. The van der Waals surface area contributed by atoms with E-state index < -0.39 is 0 Å². The van der Waals surface area contributed by atoms with Crippen molar-refractivity contribution < 1.29 is 0 Å². The fourth-order valence-electron chi connectivity index (χ4n) is 3.01. The van der Waals surface area contributed by atoms with E-state index in [1.54, 1.807) is 0 Å². The normalized spacial score (nSPS) is 18.3. The third-order valence-corrected chi connectivity index (χ3v) is 4.63. The second-order valence-electron chi connectivity index (χ2n) is 7.00. The molecular formula is C18H40IN5. The van der Waals surface area contributed by atoms with Crippen molar-refractivity contribution >= 4 is 29.9 Å². The fourth-order valence-corrected chi connectivity index (χ4v) is 3.01. The molecule has 0 aromatic heterocycles. The number of halogens is 1. The van der Waals surface area contributed by atoms with Gasteiger partial charge in [0.25, 0.3) is 0 Å². The van der Waals surface area contributed by atoms with Crippen LogP contribution in [0.4, 0.5) is 0 Å². The number of nitrogens with zero attached hydrogens (tertiary/aromatic N) is 3. The maximum atomic E-state index is 4.87. The van der Waals surface area contributed by atoms with Gasteiger partial charge in [0.1, 0.15) is 0 Å². The maximum Gasteiger partial charge on any atom is 0.191 e. The van der Waals surface area contributed by atoms with Gasteiger partial charge >= 0.3 is 0 Å². The molecule has 1 rings (SSSR count). The molecule has 0 spiro atoms. The maximum absolute atomic E-state index is 4.87. The van der Waals surface area contributed by atoms with Gasteiger partial charge in [-0.3, -0.25) is 9.89 Å². The summed E-state index contributed by atoms with van der Waals surface area (Å²) in [6.07, 6.45) is 3.75. The summed E-state index contributed by atoms with van der Waals surface area (Å²) >= 11 is 0. The van der Waals surface area contributed by atoms with E-state index in [9.17, 15) is 0 Å². The van der Waals surface area contributed by atoms with Gasteiger partial charge < -0.3 is 15.5 Å². The highest BCUT2D eigenvalue weighted by Crippen LogP contribution is 2.14. The van der Waals surface area contributed by atoms with Crippen molar-refractivity contribution in [2.24, 2.45) is 10.9 Å². The molecule has 0 amide bonds. The van der Waals surface area contributed by atoms with Crippen molar-refractivity contribution in [3.63, 3.8) is 0 Å². The number of aliphatic imine (C=N–C) groups is 1. The second-order valence-corrected chi connectivity index (χ2v) is 7.00. The van der Waals surface area contributed by atoms with E-state index in [0.717, 1.165) is 38.7 Å². The summed E-state index contributed by atoms with van der Waals surface area (Å²) in [6, 6.07) is 0.537. The van der Waals surface area contributed by atoms with Gasteiger partial charge in [0.2, 0.25) is 0 Å². The van der Waals surface area contributed by atoms with Gasteiger partial charge in [-0.05, 0) is 26.3 Å². The highest BCUT2D eigenvalue weighted by molar-refractivity contribution is 14.0. The molecule has 0 aromatic rings. The molecule has 1 heterocycles. The number of guanidine groups is 1. The first-order valence-corrected chi connectivity index (χ1v) is 9.53. The monoisotopic (exact) mass is 453 g/mol. The van der Waals surface area contributed by atoms with Crippen LogP contribution in [0.15, 0.2) is 4.99 Å². The Labute approximate surface area is 167 Å². The highest BCUT2D eigenvalue weighted by atomic mass is 127. The van der Waals surface area contributed by atoms with E-state index in [0.29, 0.717) is 12.0 Å². The second kappa shape index (κ2) is 14.1. The SMILES string of the molecule is CCCCCNC(=NCC(C(C)C)N1CCN(C)CC1)NCC.I. The van der Waals surface area contributed by atoms with E-state index in [4.69, 9.17) is 4.99 Å². The Morgan fingerprint density at radius 2 is 1.71 bits per heavy atom. The van der Waals surface area contributed by atoms with Crippen molar-refractivity contribution in [3.8, 4) is 0 Å². The zero-order valence-corrected chi connectivity index (χ0v) is 18.8. The number of rotatable bonds is 9. The smallest absolute Gasteiger partial charge is 0.191 e. The minimum Gasteiger partial charge on any atom is -0.357 e. The fraction of sp³-hybridized carbons (Fsp3) is 0.944. The van der Waals surface area contributed by atoms with Gasteiger partial charge in [0, 0.05) is 45.3 Å². The molecule has 1 unspecified atom stereocenters. The van der Waals surface area contributed by atoms with Crippen molar-refractivity contribution in [1.29, 1.82) is 0 Å². The summed E-state index contributed by atoms with van der Waals surface area (Å²) in [5.74, 6) is 1.61. The molecule has 5 nitrogen and oxygen atoms in total.